The van der Waals surface area contributed by atoms with Crippen molar-refractivity contribution in [2.75, 3.05) is 36.7 Å². The molecule has 0 spiro atoms. The van der Waals surface area contributed by atoms with Crippen LogP contribution in [0.15, 0.2) is 17.1 Å². The zero-order valence-corrected chi connectivity index (χ0v) is 13.4. The molecule has 120 valence electrons. The van der Waals surface area contributed by atoms with E-state index >= 15 is 0 Å². The summed E-state index contributed by atoms with van der Waals surface area (Å²) < 4.78 is 0. The van der Waals surface area contributed by atoms with Gasteiger partial charge in [-0.3, -0.25) is 10.4 Å². The summed E-state index contributed by atoms with van der Waals surface area (Å²) in [7, 11) is 0. The maximum Gasteiger partial charge on any atom is 0.214 e. The molecule has 0 atom stereocenters. The van der Waals surface area contributed by atoms with Gasteiger partial charge >= 0.3 is 0 Å². The average molecular weight is 302 g/mol. The van der Waals surface area contributed by atoms with E-state index in [2.05, 4.69) is 40.5 Å². The highest BCUT2D eigenvalue weighted by atomic mass is 16.5. The average Bonchev–Trinajstić information content (AvgIpc) is 2.97. The standard InChI is InChI=1S/C16H24N5O/c1-3-20(4-2)9-8-17-16-18-14-10-12-6-5-7-13(12)11-15(14)21(22)19-16/h10-11H,3-9H2,1-2H3,(H2,17,18,19)/q-1. The van der Waals surface area contributed by atoms with Gasteiger partial charge in [-0.05, 0) is 55.6 Å². The third-order valence-electron chi connectivity index (χ3n) is 4.47. The molecule has 0 fully saturated rings. The third-order valence-corrected chi connectivity index (χ3v) is 4.47. The van der Waals surface area contributed by atoms with Gasteiger partial charge in [0.25, 0.3) is 0 Å². The van der Waals surface area contributed by atoms with Gasteiger partial charge in [-0.2, -0.15) is 0 Å². The van der Waals surface area contributed by atoms with E-state index in [9.17, 15) is 5.21 Å². The summed E-state index contributed by atoms with van der Waals surface area (Å²) in [4.78, 5) is 6.78. The van der Waals surface area contributed by atoms with Crippen molar-refractivity contribution < 1.29 is 0 Å². The Morgan fingerprint density at radius 1 is 1.23 bits per heavy atom. The van der Waals surface area contributed by atoms with Gasteiger partial charge in [-0.1, -0.05) is 13.8 Å². The molecule has 0 saturated heterocycles. The number of aryl methyl sites for hydroxylation is 2. The lowest BCUT2D eigenvalue weighted by atomic mass is 10.1. The van der Waals surface area contributed by atoms with Crippen LogP contribution in [-0.4, -0.2) is 37.0 Å². The van der Waals surface area contributed by atoms with Gasteiger partial charge in [0, 0.05) is 6.54 Å². The van der Waals surface area contributed by atoms with Crippen LogP contribution < -0.4 is 15.9 Å². The fourth-order valence-electron chi connectivity index (χ4n) is 3.11. The molecule has 1 aromatic carbocycles. The molecule has 0 bridgehead atoms. The molecule has 1 aromatic rings. The summed E-state index contributed by atoms with van der Waals surface area (Å²) >= 11 is 0. The van der Waals surface area contributed by atoms with Crippen LogP contribution in [0.5, 0.6) is 0 Å². The van der Waals surface area contributed by atoms with Crippen molar-refractivity contribution in [2.24, 2.45) is 4.99 Å². The van der Waals surface area contributed by atoms with E-state index in [-0.39, 0.29) is 0 Å². The van der Waals surface area contributed by atoms with E-state index in [1.54, 1.807) is 0 Å². The molecule has 0 aromatic heterocycles. The molecule has 0 unspecified atom stereocenters. The Balaban J connectivity index is 1.71. The van der Waals surface area contributed by atoms with Crippen molar-refractivity contribution in [1.82, 2.24) is 10.3 Å². The zero-order valence-electron chi connectivity index (χ0n) is 13.4. The maximum atomic E-state index is 12.2. The van der Waals surface area contributed by atoms with E-state index in [0.717, 1.165) is 43.3 Å². The van der Waals surface area contributed by atoms with Crippen LogP contribution >= 0.6 is 0 Å². The number of hydrogen-bond donors (Lipinski definition) is 2. The van der Waals surface area contributed by atoms with Crippen LogP contribution in [0.25, 0.3) is 0 Å². The second-order valence-electron chi connectivity index (χ2n) is 5.78. The lowest BCUT2D eigenvalue weighted by Gasteiger charge is -2.38. The fourth-order valence-corrected chi connectivity index (χ4v) is 3.11. The van der Waals surface area contributed by atoms with Gasteiger partial charge in [0.15, 0.2) is 0 Å². The number of fused-ring (bicyclic) bond motifs is 2. The summed E-state index contributed by atoms with van der Waals surface area (Å²) in [5.41, 5.74) is 6.93. The van der Waals surface area contributed by atoms with Gasteiger partial charge in [-0.25, -0.2) is 0 Å². The minimum Gasteiger partial charge on any atom is -0.739 e. The molecule has 3 rings (SSSR count). The minimum atomic E-state index is 0.535. The molecular formula is C16H24N5O-. The van der Waals surface area contributed by atoms with Gasteiger partial charge in [0.05, 0.1) is 17.9 Å². The first kappa shape index (κ1) is 15.1. The summed E-state index contributed by atoms with van der Waals surface area (Å²) in [6, 6.07) is 4.10. The first-order valence-corrected chi connectivity index (χ1v) is 8.14. The molecule has 0 saturated carbocycles. The summed E-state index contributed by atoms with van der Waals surface area (Å²) in [6.07, 6.45) is 3.35. The SMILES string of the molecule is CCN(CC)CCN=C1Nc2cc3c(cc2N([O-])N1)CCC3. The molecule has 1 aliphatic heterocycles. The molecule has 6 heteroatoms. The smallest absolute Gasteiger partial charge is 0.214 e. The zero-order chi connectivity index (χ0) is 15.5. The maximum absolute atomic E-state index is 12.2. The van der Waals surface area contributed by atoms with Crippen molar-refractivity contribution in [2.45, 2.75) is 33.1 Å². The first-order valence-electron chi connectivity index (χ1n) is 8.14. The van der Waals surface area contributed by atoms with Crippen molar-refractivity contribution in [1.29, 1.82) is 0 Å². The molecular weight excluding hydrogens is 278 g/mol. The van der Waals surface area contributed by atoms with Crippen molar-refractivity contribution in [3.8, 4) is 0 Å². The van der Waals surface area contributed by atoms with E-state index in [1.807, 2.05) is 6.07 Å². The first-order chi connectivity index (χ1) is 10.7. The summed E-state index contributed by atoms with van der Waals surface area (Å²) in [5.74, 6) is 0.535. The van der Waals surface area contributed by atoms with Gasteiger partial charge < -0.3 is 20.6 Å². The largest absolute Gasteiger partial charge is 0.739 e. The summed E-state index contributed by atoms with van der Waals surface area (Å²) in [6.45, 7) is 7.89. The number of nitrogens with zero attached hydrogens (tertiary/aromatic N) is 3. The van der Waals surface area contributed by atoms with E-state index in [1.165, 1.54) is 17.5 Å². The lowest BCUT2D eigenvalue weighted by molar-refractivity contribution is 0.313. The normalized spacial score (nSPS) is 18.2. The highest BCUT2D eigenvalue weighted by molar-refractivity contribution is 6.01. The molecule has 0 radical (unpaired) electrons. The number of anilines is 2. The number of rotatable bonds is 5. The minimum absolute atomic E-state index is 0.535. The Kier molecular flexibility index (Phi) is 4.49. The van der Waals surface area contributed by atoms with Gasteiger partial charge in [0.1, 0.15) is 0 Å². The van der Waals surface area contributed by atoms with Crippen molar-refractivity contribution in [3.05, 3.63) is 28.5 Å². The molecule has 6 nitrogen and oxygen atoms in total. The van der Waals surface area contributed by atoms with Crippen LogP contribution in [0.2, 0.25) is 0 Å². The second kappa shape index (κ2) is 6.54. The van der Waals surface area contributed by atoms with Gasteiger partial charge in [-0.15, -0.1) is 0 Å². The molecule has 2 aliphatic rings. The van der Waals surface area contributed by atoms with E-state index < -0.39 is 0 Å². The molecule has 1 heterocycles. The Bertz CT molecular complexity index is 568. The van der Waals surface area contributed by atoms with Crippen LogP contribution in [-0.2, 0) is 12.8 Å². The number of aliphatic imine (C=N–C) groups is 1. The Morgan fingerprint density at radius 3 is 2.68 bits per heavy atom. The molecule has 1 aliphatic carbocycles. The van der Waals surface area contributed by atoms with Crippen LogP contribution in [0, 0.1) is 5.21 Å². The number of likely N-dealkylation sites (N-methyl/N-ethyl adjacent to an activating group) is 1. The monoisotopic (exact) mass is 302 g/mol. The van der Waals surface area contributed by atoms with E-state index in [0.29, 0.717) is 18.2 Å². The van der Waals surface area contributed by atoms with Gasteiger partial charge in [0.2, 0.25) is 5.96 Å². The highest BCUT2D eigenvalue weighted by Gasteiger charge is 2.19. The van der Waals surface area contributed by atoms with Crippen LogP contribution in [0.4, 0.5) is 11.4 Å². The Labute approximate surface area is 131 Å². The Morgan fingerprint density at radius 2 is 1.95 bits per heavy atom. The number of hydrazine groups is 1. The number of benzene rings is 1. The Hall–Kier alpha value is -1.79. The second-order valence-corrected chi connectivity index (χ2v) is 5.78. The fraction of sp³-hybridized carbons (Fsp3) is 0.562. The molecule has 0 amide bonds. The van der Waals surface area contributed by atoms with Crippen LogP contribution in [0.1, 0.15) is 31.4 Å². The van der Waals surface area contributed by atoms with Crippen molar-refractivity contribution >= 4 is 17.3 Å². The lowest BCUT2D eigenvalue weighted by Crippen LogP contribution is -2.46. The number of nitrogens with one attached hydrogen (secondary N) is 2. The molecule has 22 heavy (non-hydrogen) atoms. The third kappa shape index (κ3) is 3.03. The predicted molar refractivity (Wildman–Crippen MR) is 91.2 cm³/mol. The van der Waals surface area contributed by atoms with Crippen molar-refractivity contribution in [3.63, 3.8) is 0 Å². The summed E-state index contributed by atoms with van der Waals surface area (Å²) in [5, 5.41) is 16.2. The quantitative estimate of drug-likeness (QED) is 0.872. The number of guanidine groups is 1. The van der Waals surface area contributed by atoms with E-state index in [4.69, 9.17) is 0 Å². The predicted octanol–water partition coefficient (Wildman–Crippen LogP) is 2.11. The topological polar surface area (TPSA) is 66.0 Å². The molecule has 2 N–H and O–H groups in total. The van der Waals surface area contributed by atoms with Crippen LogP contribution in [0.3, 0.4) is 0 Å². The number of hydrogen-bond acceptors (Lipinski definition) is 4. The highest BCUT2D eigenvalue weighted by Crippen LogP contribution is 2.34.